The van der Waals surface area contributed by atoms with Gasteiger partial charge in [0.15, 0.2) is 0 Å². The van der Waals surface area contributed by atoms with Crippen LogP contribution in [0.4, 0.5) is 5.69 Å². The number of nitrogens with one attached hydrogen (secondary N) is 2. The van der Waals surface area contributed by atoms with E-state index in [9.17, 15) is 24.5 Å². The molecule has 0 aromatic heterocycles. The van der Waals surface area contributed by atoms with Crippen molar-refractivity contribution in [3.63, 3.8) is 0 Å². The van der Waals surface area contributed by atoms with Gasteiger partial charge >= 0.3 is 5.97 Å². The van der Waals surface area contributed by atoms with Crippen molar-refractivity contribution >= 4 is 29.5 Å². The number of carboxylic acid groups (broad SMARTS) is 1. The molecule has 150 valence electrons. The highest BCUT2D eigenvalue weighted by Gasteiger charge is 2.20. The fraction of sp³-hybridized carbons (Fsp3) is 0.150. The highest BCUT2D eigenvalue weighted by Crippen LogP contribution is 2.16. The van der Waals surface area contributed by atoms with Crippen LogP contribution in [-0.2, 0) is 9.59 Å². The molecule has 1 atom stereocenters. The van der Waals surface area contributed by atoms with Crippen molar-refractivity contribution in [1.82, 2.24) is 10.6 Å². The Morgan fingerprint density at radius 2 is 1.79 bits per heavy atom. The third-order valence-electron chi connectivity index (χ3n) is 3.92. The van der Waals surface area contributed by atoms with E-state index in [0.717, 1.165) is 5.56 Å². The molecule has 0 saturated heterocycles. The first kappa shape index (κ1) is 21.3. The SMILES string of the molecule is Cc1ccc(C(=O)N/C(=C\c2cccc([N+](=O)[O-])c2)C(=O)N[C@@H](C)C(=O)O)cc1. The normalized spacial score (nSPS) is 12.0. The Kier molecular flexibility index (Phi) is 6.80. The van der Waals surface area contributed by atoms with Crippen LogP contribution in [0.2, 0.25) is 0 Å². The molecule has 9 nitrogen and oxygen atoms in total. The number of hydrogen-bond acceptors (Lipinski definition) is 5. The van der Waals surface area contributed by atoms with Gasteiger partial charge in [-0.1, -0.05) is 29.8 Å². The highest BCUT2D eigenvalue weighted by molar-refractivity contribution is 6.06. The number of carboxylic acids is 1. The minimum Gasteiger partial charge on any atom is -0.480 e. The van der Waals surface area contributed by atoms with Crippen LogP contribution < -0.4 is 10.6 Å². The smallest absolute Gasteiger partial charge is 0.325 e. The van der Waals surface area contributed by atoms with Gasteiger partial charge in [0.1, 0.15) is 11.7 Å². The Hall–Kier alpha value is -4.01. The molecular weight excluding hydrogens is 378 g/mol. The quantitative estimate of drug-likeness (QED) is 0.372. The Morgan fingerprint density at radius 1 is 1.14 bits per heavy atom. The molecule has 3 N–H and O–H groups in total. The molecule has 0 unspecified atom stereocenters. The minimum atomic E-state index is -1.25. The van der Waals surface area contributed by atoms with Gasteiger partial charge in [0.05, 0.1) is 4.92 Å². The third-order valence-corrected chi connectivity index (χ3v) is 3.92. The van der Waals surface area contributed by atoms with E-state index in [1.54, 1.807) is 24.3 Å². The number of aryl methyl sites for hydroxylation is 1. The molecule has 0 fully saturated rings. The Bertz CT molecular complexity index is 982. The molecule has 0 saturated carbocycles. The topological polar surface area (TPSA) is 139 Å². The maximum atomic E-state index is 12.5. The third kappa shape index (κ3) is 5.99. The average Bonchev–Trinajstić information content (AvgIpc) is 2.67. The standard InChI is InChI=1S/C20H19N3O6/c1-12-6-8-15(9-7-12)18(24)22-17(19(25)21-13(2)20(26)27)11-14-4-3-5-16(10-14)23(28)29/h3-11,13H,1-2H3,(H,21,25)(H,22,24)(H,26,27)/b17-11-/t13-/m0/s1. The van der Waals surface area contributed by atoms with E-state index in [0.29, 0.717) is 5.56 Å². The lowest BCUT2D eigenvalue weighted by molar-refractivity contribution is -0.384. The number of nitro benzene ring substituents is 1. The fourth-order valence-corrected chi connectivity index (χ4v) is 2.29. The number of nitro groups is 1. The van der Waals surface area contributed by atoms with Gasteiger partial charge in [-0.05, 0) is 37.6 Å². The van der Waals surface area contributed by atoms with Crippen molar-refractivity contribution in [3.8, 4) is 0 Å². The molecule has 0 spiro atoms. The monoisotopic (exact) mass is 397 g/mol. The van der Waals surface area contributed by atoms with Crippen molar-refractivity contribution in [2.75, 3.05) is 0 Å². The number of hydrogen-bond donors (Lipinski definition) is 3. The molecule has 2 aromatic carbocycles. The summed E-state index contributed by atoms with van der Waals surface area (Å²) in [6, 6.07) is 10.9. The van der Waals surface area contributed by atoms with Crippen LogP contribution in [0.5, 0.6) is 0 Å². The molecule has 2 amide bonds. The van der Waals surface area contributed by atoms with Crippen molar-refractivity contribution in [3.05, 3.63) is 81.0 Å². The van der Waals surface area contributed by atoms with Gasteiger partial charge in [0.2, 0.25) is 0 Å². The molecule has 0 heterocycles. The van der Waals surface area contributed by atoms with E-state index < -0.39 is 28.7 Å². The summed E-state index contributed by atoms with van der Waals surface area (Å²) < 4.78 is 0. The zero-order chi connectivity index (χ0) is 21.6. The second-order valence-electron chi connectivity index (χ2n) is 6.26. The summed E-state index contributed by atoms with van der Waals surface area (Å²) in [5.41, 5.74) is 1.09. The molecule has 0 aliphatic heterocycles. The number of rotatable bonds is 7. The van der Waals surface area contributed by atoms with Crippen LogP contribution in [0.3, 0.4) is 0 Å². The van der Waals surface area contributed by atoms with Crippen molar-refractivity contribution in [2.24, 2.45) is 0 Å². The van der Waals surface area contributed by atoms with Gasteiger partial charge in [-0.15, -0.1) is 0 Å². The zero-order valence-electron chi connectivity index (χ0n) is 15.7. The lowest BCUT2D eigenvalue weighted by atomic mass is 10.1. The predicted molar refractivity (Wildman–Crippen MR) is 105 cm³/mol. The minimum absolute atomic E-state index is 0.192. The van der Waals surface area contributed by atoms with E-state index in [1.807, 2.05) is 6.92 Å². The first-order chi connectivity index (χ1) is 13.7. The van der Waals surface area contributed by atoms with Gasteiger partial charge in [-0.3, -0.25) is 24.5 Å². The summed E-state index contributed by atoms with van der Waals surface area (Å²) in [6.45, 7) is 3.13. The maximum absolute atomic E-state index is 12.5. The first-order valence-corrected chi connectivity index (χ1v) is 8.55. The van der Waals surface area contributed by atoms with Crippen LogP contribution in [0.25, 0.3) is 6.08 Å². The maximum Gasteiger partial charge on any atom is 0.325 e. The van der Waals surface area contributed by atoms with Crippen molar-refractivity contribution in [1.29, 1.82) is 0 Å². The lowest BCUT2D eigenvalue weighted by Crippen LogP contribution is -2.42. The number of amides is 2. The molecule has 0 aliphatic rings. The van der Waals surface area contributed by atoms with Crippen LogP contribution in [0.1, 0.15) is 28.4 Å². The molecule has 9 heteroatoms. The number of aliphatic carboxylic acids is 1. The van der Waals surface area contributed by atoms with Crippen LogP contribution in [0, 0.1) is 17.0 Å². The Labute approximate surface area is 166 Å². The molecule has 0 bridgehead atoms. The predicted octanol–water partition coefficient (Wildman–Crippen LogP) is 2.26. The number of carbonyl (C=O) groups is 3. The molecule has 0 radical (unpaired) electrons. The van der Waals surface area contributed by atoms with Crippen LogP contribution >= 0.6 is 0 Å². The summed E-state index contributed by atoms with van der Waals surface area (Å²) in [5.74, 6) is -2.68. The van der Waals surface area contributed by atoms with E-state index in [1.165, 1.54) is 37.3 Å². The molecular formula is C20H19N3O6. The first-order valence-electron chi connectivity index (χ1n) is 8.55. The largest absolute Gasteiger partial charge is 0.480 e. The Balaban J connectivity index is 2.36. The van der Waals surface area contributed by atoms with E-state index in [-0.39, 0.29) is 16.9 Å². The summed E-state index contributed by atoms with van der Waals surface area (Å²) in [4.78, 5) is 46.4. The van der Waals surface area contributed by atoms with Crippen molar-refractivity contribution in [2.45, 2.75) is 19.9 Å². The van der Waals surface area contributed by atoms with E-state index in [2.05, 4.69) is 10.6 Å². The Morgan fingerprint density at radius 3 is 2.38 bits per heavy atom. The van der Waals surface area contributed by atoms with Gasteiger partial charge in [0, 0.05) is 17.7 Å². The highest BCUT2D eigenvalue weighted by atomic mass is 16.6. The molecule has 2 rings (SSSR count). The molecule has 0 aliphatic carbocycles. The summed E-state index contributed by atoms with van der Waals surface area (Å²) in [6.07, 6.45) is 1.24. The average molecular weight is 397 g/mol. The van der Waals surface area contributed by atoms with Gasteiger partial charge in [-0.2, -0.15) is 0 Å². The van der Waals surface area contributed by atoms with Crippen molar-refractivity contribution < 1.29 is 24.4 Å². The number of nitrogens with zero attached hydrogens (tertiary/aromatic N) is 1. The van der Waals surface area contributed by atoms with Gasteiger partial charge < -0.3 is 15.7 Å². The van der Waals surface area contributed by atoms with Gasteiger partial charge in [0.25, 0.3) is 17.5 Å². The zero-order valence-corrected chi connectivity index (χ0v) is 15.7. The summed E-state index contributed by atoms with van der Waals surface area (Å²) in [7, 11) is 0. The fourth-order valence-electron chi connectivity index (χ4n) is 2.29. The summed E-state index contributed by atoms with van der Waals surface area (Å²) in [5, 5.41) is 24.6. The molecule has 2 aromatic rings. The summed E-state index contributed by atoms with van der Waals surface area (Å²) >= 11 is 0. The molecule has 29 heavy (non-hydrogen) atoms. The number of benzene rings is 2. The number of non-ortho nitro benzene ring substituents is 1. The number of carbonyl (C=O) groups excluding carboxylic acids is 2. The second kappa shape index (κ2) is 9.27. The van der Waals surface area contributed by atoms with Crippen LogP contribution in [0.15, 0.2) is 54.2 Å². The second-order valence-corrected chi connectivity index (χ2v) is 6.26. The van der Waals surface area contributed by atoms with Crippen LogP contribution in [-0.4, -0.2) is 33.9 Å². The van der Waals surface area contributed by atoms with E-state index >= 15 is 0 Å². The van der Waals surface area contributed by atoms with Gasteiger partial charge in [-0.25, -0.2) is 0 Å². The van der Waals surface area contributed by atoms with E-state index in [4.69, 9.17) is 5.11 Å². The lowest BCUT2D eigenvalue weighted by Gasteiger charge is -2.13.